The van der Waals surface area contributed by atoms with Gasteiger partial charge in [-0.3, -0.25) is 0 Å². The maximum atomic E-state index is 13.3. The van der Waals surface area contributed by atoms with E-state index in [9.17, 15) is 4.39 Å². The van der Waals surface area contributed by atoms with E-state index in [1.165, 1.54) is 12.1 Å². The van der Waals surface area contributed by atoms with Crippen LogP contribution in [-0.2, 0) is 13.2 Å². The second-order valence-electron chi connectivity index (χ2n) is 4.20. The van der Waals surface area contributed by atoms with Crippen LogP contribution in [0.3, 0.4) is 0 Å². The molecule has 0 unspecified atom stereocenters. The minimum absolute atomic E-state index is 0.267. The second kappa shape index (κ2) is 6.68. The van der Waals surface area contributed by atoms with E-state index >= 15 is 0 Å². The molecule has 0 radical (unpaired) electrons. The molecule has 19 heavy (non-hydrogen) atoms. The lowest BCUT2D eigenvalue weighted by molar-refractivity contribution is 0.301. The fourth-order valence-corrected chi connectivity index (χ4v) is 2.35. The van der Waals surface area contributed by atoms with E-state index in [1.807, 2.05) is 37.4 Å². The molecule has 0 aliphatic heterocycles. The maximum absolute atomic E-state index is 13.3. The lowest BCUT2D eigenvalue weighted by Crippen LogP contribution is -2.07. The third-order valence-corrected chi connectivity index (χ3v) is 3.11. The Balaban J connectivity index is 2.09. The van der Waals surface area contributed by atoms with Gasteiger partial charge in [0.1, 0.15) is 18.2 Å². The number of benzene rings is 2. The molecule has 0 fully saturated rings. The monoisotopic (exact) mass is 323 g/mol. The first-order valence-corrected chi connectivity index (χ1v) is 6.78. The zero-order chi connectivity index (χ0) is 13.7. The highest BCUT2D eigenvalue weighted by atomic mass is 79.9. The van der Waals surface area contributed by atoms with Crippen molar-refractivity contribution in [1.29, 1.82) is 0 Å². The highest BCUT2D eigenvalue weighted by Gasteiger charge is 2.04. The van der Waals surface area contributed by atoms with Gasteiger partial charge in [0.15, 0.2) is 0 Å². The van der Waals surface area contributed by atoms with Crippen molar-refractivity contribution < 1.29 is 9.13 Å². The molecule has 0 saturated carbocycles. The van der Waals surface area contributed by atoms with Crippen molar-refractivity contribution in [1.82, 2.24) is 5.32 Å². The summed E-state index contributed by atoms with van der Waals surface area (Å²) < 4.78 is 19.7. The van der Waals surface area contributed by atoms with E-state index in [0.29, 0.717) is 6.61 Å². The molecule has 2 aromatic carbocycles. The first-order valence-electron chi connectivity index (χ1n) is 5.99. The van der Waals surface area contributed by atoms with Crippen LogP contribution in [0.1, 0.15) is 11.1 Å². The molecule has 0 amide bonds. The molecule has 0 bridgehead atoms. The summed E-state index contributed by atoms with van der Waals surface area (Å²) in [5.74, 6) is 0.550. The van der Waals surface area contributed by atoms with Crippen LogP contribution in [0.2, 0.25) is 0 Å². The van der Waals surface area contributed by atoms with Crippen molar-refractivity contribution >= 4 is 15.9 Å². The summed E-state index contributed by atoms with van der Waals surface area (Å²) in [4.78, 5) is 0. The Morgan fingerprint density at radius 1 is 1.21 bits per heavy atom. The molecule has 0 saturated heterocycles. The van der Waals surface area contributed by atoms with Gasteiger partial charge in [0.2, 0.25) is 0 Å². The van der Waals surface area contributed by atoms with Gasteiger partial charge in [-0.15, -0.1) is 0 Å². The van der Waals surface area contributed by atoms with Gasteiger partial charge < -0.3 is 10.1 Å². The highest BCUT2D eigenvalue weighted by Crippen LogP contribution is 2.21. The zero-order valence-corrected chi connectivity index (χ0v) is 12.2. The summed E-state index contributed by atoms with van der Waals surface area (Å²) in [6, 6.07) is 12.6. The SMILES string of the molecule is CNCc1ccccc1OCc1cc(F)cc(Br)c1. The summed E-state index contributed by atoms with van der Waals surface area (Å²) in [6.07, 6.45) is 0. The fraction of sp³-hybridized carbons (Fsp3) is 0.200. The van der Waals surface area contributed by atoms with Gasteiger partial charge in [-0.05, 0) is 36.9 Å². The zero-order valence-electron chi connectivity index (χ0n) is 10.6. The van der Waals surface area contributed by atoms with Gasteiger partial charge in [0.05, 0.1) is 0 Å². The van der Waals surface area contributed by atoms with Gasteiger partial charge in [0, 0.05) is 16.6 Å². The number of rotatable bonds is 5. The number of ether oxygens (including phenoxy) is 1. The molecule has 1 N–H and O–H groups in total. The second-order valence-corrected chi connectivity index (χ2v) is 5.12. The average molecular weight is 324 g/mol. The van der Waals surface area contributed by atoms with Crippen LogP contribution in [0.25, 0.3) is 0 Å². The summed E-state index contributed by atoms with van der Waals surface area (Å²) >= 11 is 3.27. The van der Waals surface area contributed by atoms with Gasteiger partial charge in [0.25, 0.3) is 0 Å². The lowest BCUT2D eigenvalue weighted by Gasteiger charge is -2.11. The van der Waals surface area contributed by atoms with E-state index in [1.54, 1.807) is 0 Å². The Morgan fingerprint density at radius 3 is 2.74 bits per heavy atom. The van der Waals surface area contributed by atoms with E-state index in [-0.39, 0.29) is 5.82 Å². The standard InChI is InChI=1S/C15H15BrFNO/c1-18-9-12-4-2-3-5-15(12)19-10-11-6-13(16)8-14(17)7-11/h2-8,18H,9-10H2,1H3. The van der Waals surface area contributed by atoms with E-state index in [4.69, 9.17) is 4.74 Å². The third-order valence-electron chi connectivity index (χ3n) is 2.66. The molecule has 2 rings (SSSR count). The molecular formula is C15H15BrFNO. The normalized spacial score (nSPS) is 10.5. The largest absolute Gasteiger partial charge is 0.489 e. The first-order chi connectivity index (χ1) is 9.19. The summed E-state index contributed by atoms with van der Waals surface area (Å²) in [6.45, 7) is 1.08. The van der Waals surface area contributed by atoms with Crippen molar-refractivity contribution in [3.05, 3.63) is 63.9 Å². The number of hydrogen-bond acceptors (Lipinski definition) is 2. The summed E-state index contributed by atoms with van der Waals surface area (Å²) in [7, 11) is 1.89. The smallest absolute Gasteiger partial charge is 0.124 e. The summed E-state index contributed by atoms with van der Waals surface area (Å²) in [5.41, 5.74) is 1.88. The van der Waals surface area contributed by atoms with Crippen LogP contribution in [-0.4, -0.2) is 7.05 Å². The maximum Gasteiger partial charge on any atom is 0.124 e. The molecule has 0 aromatic heterocycles. The van der Waals surface area contributed by atoms with Gasteiger partial charge in [-0.25, -0.2) is 4.39 Å². The van der Waals surface area contributed by atoms with Crippen molar-refractivity contribution in [2.75, 3.05) is 7.05 Å². The molecule has 2 aromatic rings. The minimum Gasteiger partial charge on any atom is -0.489 e. The van der Waals surface area contributed by atoms with Crippen molar-refractivity contribution in [2.45, 2.75) is 13.2 Å². The molecule has 100 valence electrons. The molecule has 0 aliphatic carbocycles. The number of hydrogen-bond donors (Lipinski definition) is 1. The molecule has 0 spiro atoms. The Morgan fingerprint density at radius 2 is 2.00 bits per heavy atom. The quantitative estimate of drug-likeness (QED) is 0.901. The Bertz CT molecular complexity index is 539. The molecule has 0 aliphatic rings. The van der Waals surface area contributed by atoms with Crippen LogP contribution in [0.15, 0.2) is 46.9 Å². The van der Waals surface area contributed by atoms with E-state index in [0.717, 1.165) is 27.9 Å². The van der Waals surface area contributed by atoms with Crippen LogP contribution in [0.4, 0.5) is 4.39 Å². The molecular weight excluding hydrogens is 309 g/mol. The van der Waals surface area contributed by atoms with Crippen LogP contribution in [0, 0.1) is 5.82 Å². The van der Waals surface area contributed by atoms with Crippen LogP contribution in [0.5, 0.6) is 5.75 Å². The topological polar surface area (TPSA) is 21.3 Å². The van der Waals surface area contributed by atoms with Crippen LogP contribution >= 0.6 is 15.9 Å². The molecule has 0 atom stereocenters. The molecule has 4 heteroatoms. The first kappa shape index (κ1) is 14.0. The molecule has 0 heterocycles. The van der Waals surface area contributed by atoms with E-state index < -0.39 is 0 Å². The third kappa shape index (κ3) is 4.04. The average Bonchev–Trinajstić information content (AvgIpc) is 2.37. The van der Waals surface area contributed by atoms with Crippen molar-refractivity contribution in [3.8, 4) is 5.75 Å². The molecule has 2 nitrogen and oxygen atoms in total. The Hall–Kier alpha value is -1.39. The number of nitrogens with one attached hydrogen (secondary N) is 1. The van der Waals surface area contributed by atoms with Crippen molar-refractivity contribution in [2.24, 2.45) is 0 Å². The van der Waals surface area contributed by atoms with E-state index in [2.05, 4.69) is 21.2 Å². The lowest BCUT2D eigenvalue weighted by atomic mass is 10.2. The Kier molecular flexibility index (Phi) is 4.93. The van der Waals surface area contributed by atoms with Gasteiger partial charge >= 0.3 is 0 Å². The predicted molar refractivity (Wildman–Crippen MR) is 77.6 cm³/mol. The van der Waals surface area contributed by atoms with Crippen molar-refractivity contribution in [3.63, 3.8) is 0 Å². The predicted octanol–water partition coefficient (Wildman–Crippen LogP) is 3.89. The number of halogens is 2. The van der Waals surface area contributed by atoms with Gasteiger partial charge in [-0.2, -0.15) is 0 Å². The summed E-state index contributed by atoms with van der Waals surface area (Å²) in [5, 5.41) is 3.09. The van der Waals surface area contributed by atoms with Gasteiger partial charge in [-0.1, -0.05) is 34.1 Å². The van der Waals surface area contributed by atoms with Crippen LogP contribution < -0.4 is 10.1 Å². The number of para-hydroxylation sites is 1. The fourth-order valence-electron chi connectivity index (χ4n) is 1.84. The minimum atomic E-state index is -0.267. The Labute approximate surface area is 120 Å². The highest BCUT2D eigenvalue weighted by molar-refractivity contribution is 9.10.